The lowest BCUT2D eigenvalue weighted by atomic mass is 10.1. The molecule has 2 aromatic carbocycles. The van der Waals surface area contributed by atoms with Crippen molar-refractivity contribution in [2.45, 2.75) is 0 Å². The number of carbonyl (C=O) groups excluding carboxylic acids is 1. The third-order valence-corrected chi connectivity index (χ3v) is 7.10. The number of benzene rings is 2. The third-order valence-electron chi connectivity index (χ3n) is 5.27. The molecule has 0 radical (unpaired) electrons. The van der Waals surface area contributed by atoms with E-state index in [1.165, 1.54) is 6.20 Å². The maximum absolute atomic E-state index is 12.6. The first kappa shape index (κ1) is 23.2. The number of aromatic nitrogens is 2. The van der Waals surface area contributed by atoms with Gasteiger partial charge in [-0.25, -0.2) is 4.98 Å². The Morgan fingerprint density at radius 2 is 1.76 bits per heavy atom. The minimum absolute atomic E-state index is 0.0279. The quantitative estimate of drug-likeness (QED) is 0.456. The summed E-state index contributed by atoms with van der Waals surface area (Å²) in [5.41, 5.74) is 2.07. The molecule has 1 amide bonds. The SMILES string of the molecule is CP(C)(=O)c1ccccc1Nc1nc(Nc2ccc(C(=O)N3CCNCC3)cc2)ncc1Cl. The summed E-state index contributed by atoms with van der Waals surface area (Å²) in [4.78, 5) is 23.2. The zero-order valence-electron chi connectivity index (χ0n) is 18.5. The maximum Gasteiger partial charge on any atom is 0.253 e. The number of hydrogen-bond acceptors (Lipinski definition) is 7. The molecule has 1 aromatic heterocycles. The topological polar surface area (TPSA) is 99.2 Å². The number of hydrogen-bond donors (Lipinski definition) is 3. The van der Waals surface area contributed by atoms with E-state index in [0.717, 1.165) is 24.1 Å². The van der Waals surface area contributed by atoms with Gasteiger partial charge in [-0.05, 0) is 49.7 Å². The van der Waals surface area contributed by atoms with Crippen molar-refractivity contribution in [3.8, 4) is 0 Å². The number of nitrogens with one attached hydrogen (secondary N) is 3. The van der Waals surface area contributed by atoms with Crippen LogP contribution >= 0.6 is 18.7 Å². The second-order valence-corrected chi connectivity index (χ2v) is 11.7. The summed E-state index contributed by atoms with van der Waals surface area (Å²) >= 11 is 6.31. The number of para-hydroxylation sites is 1. The van der Waals surface area contributed by atoms with Crippen LogP contribution in [0, 0.1) is 0 Å². The number of amides is 1. The number of rotatable bonds is 6. The van der Waals surface area contributed by atoms with Gasteiger partial charge < -0.3 is 25.4 Å². The van der Waals surface area contributed by atoms with Gasteiger partial charge in [0.2, 0.25) is 5.95 Å². The van der Waals surface area contributed by atoms with Gasteiger partial charge in [-0.2, -0.15) is 4.98 Å². The molecule has 3 aromatic rings. The molecule has 4 rings (SSSR count). The van der Waals surface area contributed by atoms with Gasteiger partial charge in [-0.3, -0.25) is 4.79 Å². The predicted molar refractivity (Wildman–Crippen MR) is 134 cm³/mol. The summed E-state index contributed by atoms with van der Waals surface area (Å²) in [5.74, 6) is 0.775. The van der Waals surface area contributed by atoms with Crippen molar-refractivity contribution in [1.29, 1.82) is 0 Å². The van der Waals surface area contributed by atoms with Crippen LogP contribution in [0.25, 0.3) is 0 Å². The van der Waals surface area contributed by atoms with E-state index in [-0.39, 0.29) is 5.91 Å². The third kappa shape index (κ3) is 5.71. The van der Waals surface area contributed by atoms with Crippen LogP contribution in [0.5, 0.6) is 0 Å². The van der Waals surface area contributed by atoms with Gasteiger partial charge in [0.15, 0.2) is 5.82 Å². The molecule has 1 saturated heterocycles. The lowest BCUT2D eigenvalue weighted by Crippen LogP contribution is -2.46. The Morgan fingerprint density at radius 3 is 2.45 bits per heavy atom. The van der Waals surface area contributed by atoms with E-state index < -0.39 is 7.14 Å². The first-order chi connectivity index (χ1) is 15.8. The molecule has 8 nitrogen and oxygen atoms in total. The van der Waals surface area contributed by atoms with Crippen molar-refractivity contribution in [3.63, 3.8) is 0 Å². The van der Waals surface area contributed by atoms with Gasteiger partial charge >= 0.3 is 0 Å². The van der Waals surface area contributed by atoms with Crippen LogP contribution in [0.4, 0.5) is 23.1 Å². The number of carbonyl (C=O) groups is 1. The molecule has 0 spiro atoms. The Balaban J connectivity index is 1.50. The lowest BCUT2D eigenvalue weighted by molar-refractivity contribution is 0.0736. The molecule has 1 aliphatic heterocycles. The average Bonchev–Trinajstić information content (AvgIpc) is 2.81. The Morgan fingerprint density at radius 1 is 1.06 bits per heavy atom. The van der Waals surface area contributed by atoms with Crippen LogP contribution in [0.15, 0.2) is 54.7 Å². The predicted octanol–water partition coefficient (Wildman–Crippen LogP) is 3.91. The Hall–Kier alpha value is -2.93. The van der Waals surface area contributed by atoms with Crippen LogP contribution in [0.2, 0.25) is 5.02 Å². The highest BCUT2D eigenvalue weighted by atomic mass is 35.5. The molecule has 1 aliphatic rings. The van der Waals surface area contributed by atoms with Gasteiger partial charge in [0.05, 0.1) is 11.9 Å². The lowest BCUT2D eigenvalue weighted by Gasteiger charge is -2.27. The largest absolute Gasteiger partial charge is 0.338 e. The average molecular weight is 485 g/mol. The molecule has 33 heavy (non-hydrogen) atoms. The highest BCUT2D eigenvalue weighted by molar-refractivity contribution is 7.70. The monoisotopic (exact) mass is 484 g/mol. The zero-order valence-corrected chi connectivity index (χ0v) is 20.2. The number of nitrogens with zero attached hydrogens (tertiary/aromatic N) is 3. The van der Waals surface area contributed by atoms with E-state index in [1.807, 2.05) is 41.3 Å². The molecule has 3 N–H and O–H groups in total. The minimum atomic E-state index is -2.50. The fourth-order valence-corrected chi connectivity index (χ4v) is 4.86. The van der Waals surface area contributed by atoms with E-state index in [4.69, 9.17) is 11.6 Å². The molecular weight excluding hydrogens is 459 g/mol. The summed E-state index contributed by atoms with van der Waals surface area (Å²) in [6, 6.07) is 14.6. The van der Waals surface area contributed by atoms with E-state index >= 15 is 0 Å². The maximum atomic E-state index is 12.6. The number of piperazine rings is 1. The van der Waals surface area contributed by atoms with E-state index in [1.54, 1.807) is 25.5 Å². The van der Waals surface area contributed by atoms with Crippen LogP contribution in [0.3, 0.4) is 0 Å². The minimum Gasteiger partial charge on any atom is -0.338 e. The summed E-state index contributed by atoms with van der Waals surface area (Å²) in [6.07, 6.45) is 1.50. The Labute approximate surface area is 198 Å². The summed E-state index contributed by atoms with van der Waals surface area (Å²) in [5, 5.41) is 10.6. The van der Waals surface area contributed by atoms with Gasteiger partial charge in [0.25, 0.3) is 5.91 Å². The summed E-state index contributed by atoms with van der Waals surface area (Å²) in [7, 11) is -2.50. The van der Waals surface area contributed by atoms with Crippen LogP contribution in [0.1, 0.15) is 10.4 Å². The Bertz CT molecular complexity index is 1190. The molecule has 2 heterocycles. The van der Waals surface area contributed by atoms with E-state index in [0.29, 0.717) is 41.1 Å². The van der Waals surface area contributed by atoms with Crippen molar-refractivity contribution >= 4 is 53.1 Å². The summed E-state index contributed by atoms with van der Waals surface area (Å²) in [6.45, 7) is 6.49. The first-order valence-electron chi connectivity index (χ1n) is 10.6. The van der Waals surface area contributed by atoms with Gasteiger partial charge in [-0.1, -0.05) is 23.7 Å². The van der Waals surface area contributed by atoms with Gasteiger partial charge in [0.1, 0.15) is 12.2 Å². The summed E-state index contributed by atoms with van der Waals surface area (Å²) < 4.78 is 12.6. The van der Waals surface area contributed by atoms with Crippen LogP contribution in [-0.4, -0.2) is 60.3 Å². The fraction of sp³-hybridized carbons (Fsp3) is 0.261. The second-order valence-electron chi connectivity index (χ2n) is 8.13. The van der Waals surface area contributed by atoms with Crippen molar-refractivity contribution in [2.75, 3.05) is 50.1 Å². The number of halogens is 1. The molecule has 0 bridgehead atoms. The molecule has 0 atom stereocenters. The van der Waals surface area contributed by atoms with Crippen LogP contribution in [-0.2, 0) is 4.57 Å². The molecular formula is C23H26ClN6O2P. The standard InChI is InChI=1S/C23H26ClN6O2P/c1-33(2,32)20-6-4-3-5-19(20)28-21-18(24)15-26-23(29-21)27-17-9-7-16(8-10-17)22(31)30-13-11-25-12-14-30/h3-10,15,25H,11-14H2,1-2H3,(H2,26,27,28,29). The van der Waals surface area contributed by atoms with Crippen molar-refractivity contribution in [2.24, 2.45) is 0 Å². The Kier molecular flexibility index (Phi) is 6.98. The fourth-order valence-electron chi connectivity index (χ4n) is 3.57. The van der Waals surface area contributed by atoms with Crippen molar-refractivity contribution in [1.82, 2.24) is 20.2 Å². The number of anilines is 4. The van der Waals surface area contributed by atoms with Crippen molar-refractivity contribution < 1.29 is 9.36 Å². The second kappa shape index (κ2) is 9.91. The molecule has 0 unspecified atom stereocenters. The highest BCUT2D eigenvalue weighted by Gasteiger charge is 2.19. The molecule has 0 saturated carbocycles. The van der Waals surface area contributed by atoms with E-state index in [2.05, 4.69) is 25.9 Å². The normalized spacial score (nSPS) is 14.1. The van der Waals surface area contributed by atoms with Gasteiger partial charge in [0, 0.05) is 42.7 Å². The molecule has 0 aliphatic carbocycles. The molecule has 172 valence electrons. The van der Waals surface area contributed by atoms with Gasteiger partial charge in [-0.15, -0.1) is 0 Å². The zero-order chi connectivity index (χ0) is 23.4. The van der Waals surface area contributed by atoms with E-state index in [9.17, 15) is 9.36 Å². The van der Waals surface area contributed by atoms with Crippen LogP contribution < -0.4 is 21.3 Å². The smallest absolute Gasteiger partial charge is 0.253 e. The molecule has 10 heteroatoms. The van der Waals surface area contributed by atoms with Crippen molar-refractivity contribution in [3.05, 3.63) is 65.3 Å². The molecule has 1 fully saturated rings. The first-order valence-corrected chi connectivity index (χ1v) is 13.6. The highest BCUT2D eigenvalue weighted by Crippen LogP contribution is 2.38.